The van der Waals surface area contributed by atoms with Gasteiger partial charge in [-0.1, -0.05) is 42.8 Å². The Morgan fingerprint density at radius 1 is 0.828 bits per heavy atom. The fraction of sp³-hybridized carbons (Fsp3) is 0.458. The molecule has 1 atom stereocenters. The third-order valence-corrected chi connectivity index (χ3v) is 6.53. The Balaban J connectivity index is 0.00000205. The van der Waals surface area contributed by atoms with Gasteiger partial charge < -0.3 is 4.57 Å². The molecule has 2 aliphatic heterocycles. The molecule has 3 heterocycles. The molecule has 154 valence electrons. The number of benzene rings is 2. The highest BCUT2D eigenvalue weighted by atomic mass is 35.5. The number of hydrogen-bond acceptors (Lipinski definition) is 3. The average Bonchev–Trinajstić information content (AvgIpc) is 3.38. The lowest BCUT2D eigenvalue weighted by atomic mass is 10.1. The van der Waals surface area contributed by atoms with Gasteiger partial charge in [0, 0.05) is 32.2 Å². The molecular formula is C24H31ClN4. The third-order valence-electron chi connectivity index (χ3n) is 6.53. The summed E-state index contributed by atoms with van der Waals surface area (Å²) in [5.74, 6) is 0. The minimum atomic E-state index is 0. The molecule has 2 aliphatic rings. The van der Waals surface area contributed by atoms with Gasteiger partial charge in [0.05, 0.1) is 17.4 Å². The first-order valence-corrected chi connectivity index (χ1v) is 10.8. The SMILES string of the molecule is Cl.c1ccc(Cn2cnc3ccccc32)c(CN2CCC(N3CCCCC3)C2)c1. The number of para-hydroxylation sites is 2. The number of fused-ring (bicyclic) bond motifs is 1. The molecule has 2 aromatic carbocycles. The number of likely N-dealkylation sites (tertiary alicyclic amines) is 2. The van der Waals surface area contributed by atoms with E-state index < -0.39 is 0 Å². The Bertz CT molecular complexity index is 931. The summed E-state index contributed by atoms with van der Waals surface area (Å²) in [5.41, 5.74) is 5.15. The van der Waals surface area contributed by atoms with E-state index in [1.807, 2.05) is 6.33 Å². The van der Waals surface area contributed by atoms with Gasteiger partial charge in [0.25, 0.3) is 0 Å². The maximum Gasteiger partial charge on any atom is 0.0961 e. The zero-order chi connectivity index (χ0) is 18.8. The Morgan fingerprint density at radius 3 is 2.38 bits per heavy atom. The van der Waals surface area contributed by atoms with Crippen molar-refractivity contribution in [1.82, 2.24) is 19.4 Å². The van der Waals surface area contributed by atoms with Gasteiger partial charge in [-0.2, -0.15) is 0 Å². The summed E-state index contributed by atoms with van der Waals surface area (Å²) in [6.07, 6.45) is 7.50. The molecule has 1 aromatic heterocycles. The van der Waals surface area contributed by atoms with Gasteiger partial charge in [-0.25, -0.2) is 4.98 Å². The maximum atomic E-state index is 4.56. The Hall–Kier alpha value is -1.88. The normalized spacial score (nSPS) is 20.8. The van der Waals surface area contributed by atoms with Crippen molar-refractivity contribution in [2.45, 2.75) is 44.8 Å². The molecule has 2 fully saturated rings. The lowest BCUT2D eigenvalue weighted by Crippen LogP contribution is -2.40. The van der Waals surface area contributed by atoms with Crippen LogP contribution in [0.4, 0.5) is 0 Å². The van der Waals surface area contributed by atoms with Crippen molar-refractivity contribution < 1.29 is 0 Å². The Labute approximate surface area is 179 Å². The molecule has 0 spiro atoms. The van der Waals surface area contributed by atoms with Crippen molar-refractivity contribution in [2.24, 2.45) is 0 Å². The second-order valence-electron chi connectivity index (χ2n) is 8.40. The predicted molar refractivity (Wildman–Crippen MR) is 122 cm³/mol. The topological polar surface area (TPSA) is 24.3 Å². The summed E-state index contributed by atoms with van der Waals surface area (Å²) in [4.78, 5) is 9.96. The van der Waals surface area contributed by atoms with Gasteiger partial charge in [0.2, 0.25) is 0 Å². The largest absolute Gasteiger partial charge is 0.326 e. The molecule has 5 rings (SSSR count). The molecule has 29 heavy (non-hydrogen) atoms. The molecule has 3 aromatic rings. The average molecular weight is 411 g/mol. The third kappa shape index (κ3) is 4.50. The fourth-order valence-corrected chi connectivity index (χ4v) is 4.96. The second-order valence-corrected chi connectivity index (χ2v) is 8.40. The fourth-order valence-electron chi connectivity index (χ4n) is 4.96. The van der Waals surface area contributed by atoms with Crippen LogP contribution in [-0.2, 0) is 13.1 Å². The van der Waals surface area contributed by atoms with Crippen LogP contribution in [0.15, 0.2) is 54.9 Å². The monoisotopic (exact) mass is 410 g/mol. The summed E-state index contributed by atoms with van der Waals surface area (Å²) < 4.78 is 2.27. The van der Waals surface area contributed by atoms with Gasteiger partial charge in [-0.05, 0) is 55.6 Å². The number of aromatic nitrogens is 2. The first-order chi connectivity index (χ1) is 13.9. The molecule has 0 radical (unpaired) electrons. The van der Waals surface area contributed by atoms with E-state index in [0.29, 0.717) is 0 Å². The molecule has 2 saturated heterocycles. The van der Waals surface area contributed by atoms with Gasteiger partial charge in [0.15, 0.2) is 0 Å². The van der Waals surface area contributed by atoms with Crippen LogP contribution in [0, 0.1) is 0 Å². The lowest BCUT2D eigenvalue weighted by molar-refractivity contribution is 0.161. The summed E-state index contributed by atoms with van der Waals surface area (Å²) in [5, 5.41) is 0. The van der Waals surface area contributed by atoms with E-state index in [-0.39, 0.29) is 12.4 Å². The number of halogens is 1. The molecule has 0 amide bonds. The standard InChI is InChI=1S/C24H30N4.ClH/c1-6-13-27(14-7-1)22-12-15-26(18-22)16-20-8-2-3-9-21(20)17-28-19-25-23-10-4-5-11-24(23)28;/h2-5,8-11,19,22H,1,6-7,12-18H2;1H. The molecule has 0 N–H and O–H groups in total. The zero-order valence-corrected chi connectivity index (χ0v) is 17.9. The van der Waals surface area contributed by atoms with Crippen LogP contribution in [0.25, 0.3) is 11.0 Å². The summed E-state index contributed by atoms with van der Waals surface area (Å²) >= 11 is 0. The van der Waals surface area contributed by atoms with Crippen LogP contribution in [-0.4, -0.2) is 51.6 Å². The number of nitrogens with zero attached hydrogens (tertiary/aromatic N) is 4. The quantitative estimate of drug-likeness (QED) is 0.615. The van der Waals surface area contributed by atoms with Crippen molar-refractivity contribution in [3.05, 3.63) is 66.0 Å². The highest BCUT2D eigenvalue weighted by Crippen LogP contribution is 2.23. The van der Waals surface area contributed by atoms with Crippen LogP contribution in [0.2, 0.25) is 0 Å². The summed E-state index contributed by atoms with van der Waals surface area (Å²) in [6.45, 7) is 7.02. The number of imidazole rings is 1. The molecule has 0 bridgehead atoms. The summed E-state index contributed by atoms with van der Waals surface area (Å²) in [7, 11) is 0. The van der Waals surface area contributed by atoms with E-state index in [4.69, 9.17) is 0 Å². The molecular weight excluding hydrogens is 380 g/mol. The summed E-state index contributed by atoms with van der Waals surface area (Å²) in [6, 6.07) is 18.1. The van der Waals surface area contributed by atoms with Crippen molar-refractivity contribution in [3.8, 4) is 0 Å². The van der Waals surface area contributed by atoms with Crippen LogP contribution < -0.4 is 0 Å². The van der Waals surface area contributed by atoms with E-state index in [2.05, 4.69) is 67.9 Å². The molecule has 5 heteroatoms. The smallest absolute Gasteiger partial charge is 0.0961 e. The van der Waals surface area contributed by atoms with E-state index in [0.717, 1.165) is 24.6 Å². The minimum absolute atomic E-state index is 0. The van der Waals surface area contributed by atoms with Crippen LogP contribution in [0.5, 0.6) is 0 Å². The van der Waals surface area contributed by atoms with Crippen LogP contribution >= 0.6 is 12.4 Å². The Morgan fingerprint density at radius 2 is 1.55 bits per heavy atom. The molecule has 0 saturated carbocycles. The molecule has 1 unspecified atom stereocenters. The van der Waals surface area contributed by atoms with Crippen molar-refractivity contribution in [3.63, 3.8) is 0 Å². The number of rotatable bonds is 5. The first-order valence-electron chi connectivity index (χ1n) is 10.8. The lowest BCUT2D eigenvalue weighted by Gasteiger charge is -2.32. The van der Waals surface area contributed by atoms with Gasteiger partial charge in [-0.15, -0.1) is 12.4 Å². The molecule has 0 aliphatic carbocycles. The van der Waals surface area contributed by atoms with Crippen LogP contribution in [0.1, 0.15) is 36.8 Å². The first kappa shape index (κ1) is 20.4. The van der Waals surface area contributed by atoms with Crippen molar-refractivity contribution >= 4 is 23.4 Å². The van der Waals surface area contributed by atoms with Crippen molar-refractivity contribution in [2.75, 3.05) is 26.2 Å². The van der Waals surface area contributed by atoms with E-state index >= 15 is 0 Å². The van der Waals surface area contributed by atoms with E-state index in [1.165, 1.54) is 68.5 Å². The van der Waals surface area contributed by atoms with E-state index in [1.54, 1.807) is 0 Å². The van der Waals surface area contributed by atoms with Gasteiger partial charge in [-0.3, -0.25) is 9.80 Å². The molecule has 4 nitrogen and oxygen atoms in total. The highest BCUT2D eigenvalue weighted by molar-refractivity contribution is 5.85. The zero-order valence-electron chi connectivity index (χ0n) is 17.0. The second kappa shape index (κ2) is 9.29. The predicted octanol–water partition coefficient (Wildman–Crippen LogP) is 4.57. The Kier molecular flexibility index (Phi) is 6.53. The maximum absolute atomic E-state index is 4.56. The van der Waals surface area contributed by atoms with Crippen molar-refractivity contribution in [1.29, 1.82) is 0 Å². The van der Waals surface area contributed by atoms with E-state index in [9.17, 15) is 0 Å². The van der Waals surface area contributed by atoms with Gasteiger partial charge >= 0.3 is 0 Å². The van der Waals surface area contributed by atoms with Gasteiger partial charge in [0.1, 0.15) is 0 Å². The highest BCUT2D eigenvalue weighted by Gasteiger charge is 2.28. The van der Waals surface area contributed by atoms with Crippen LogP contribution in [0.3, 0.4) is 0 Å². The number of piperidine rings is 1. The minimum Gasteiger partial charge on any atom is -0.326 e. The number of hydrogen-bond donors (Lipinski definition) is 0.